The minimum Gasteiger partial charge on any atom is -0.321 e. The number of rotatable bonds is 2. The van der Waals surface area contributed by atoms with Crippen LogP contribution in [0.2, 0.25) is 0 Å². The third-order valence-electron chi connectivity index (χ3n) is 6.04. The number of likely N-dealkylation sites (tertiary alicyclic amines) is 1. The van der Waals surface area contributed by atoms with Gasteiger partial charge in [-0.1, -0.05) is 6.42 Å². The summed E-state index contributed by atoms with van der Waals surface area (Å²) in [6.07, 6.45) is 4.67. The second-order valence-corrected chi connectivity index (χ2v) is 7.57. The van der Waals surface area contributed by atoms with Crippen LogP contribution < -0.4 is 16.2 Å². The van der Waals surface area contributed by atoms with E-state index in [1.807, 2.05) is 11.8 Å². The number of urea groups is 1. The van der Waals surface area contributed by atoms with E-state index in [2.05, 4.69) is 16.2 Å². The molecule has 0 bridgehead atoms. The Morgan fingerprint density at radius 3 is 2.72 bits per heavy atom. The first-order valence-corrected chi connectivity index (χ1v) is 9.06. The highest BCUT2D eigenvalue weighted by Gasteiger charge is 2.47. The first kappa shape index (κ1) is 16.7. The summed E-state index contributed by atoms with van der Waals surface area (Å²) < 4.78 is 26.4. The highest BCUT2D eigenvalue weighted by Crippen LogP contribution is 2.38. The van der Waals surface area contributed by atoms with Crippen molar-refractivity contribution in [2.45, 2.75) is 50.7 Å². The van der Waals surface area contributed by atoms with Crippen LogP contribution in [0.15, 0.2) is 18.2 Å². The average Bonchev–Trinajstić information content (AvgIpc) is 2.91. The standard InChI is InChI=1S/C18H24F2N4O/c1-10-7-16-13(17(23-22-16)11-3-2-4-11)9-24(10)18(25)21-12-5-6-14(19)15(20)8-12/h5-6,8,10-11,13,16-17,22-23H,2-4,7,9H2,1H3,(H,21,25). The second kappa shape index (κ2) is 6.53. The fourth-order valence-electron chi connectivity index (χ4n) is 4.36. The number of amides is 2. The molecule has 0 spiro atoms. The van der Waals surface area contributed by atoms with Gasteiger partial charge in [0.05, 0.1) is 0 Å². The molecule has 4 unspecified atom stereocenters. The number of carbonyl (C=O) groups is 1. The van der Waals surface area contributed by atoms with Crippen molar-refractivity contribution >= 4 is 11.7 Å². The number of fused-ring (bicyclic) bond motifs is 1. The Kier molecular flexibility index (Phi) is 4.37. The Morgan fingerprint density at radius 1 is 1.24 bits per heavy atom. The highest BCUT2D eigenvalue weighted by molar-refractivity contribution is 5.89. The van der Waals surface area contributed by atoms with Crippen molar-refractivity contribution in [3.8, 4) is 0 Å². The molecule has 136 valence electrons. The van der Waals surface area contributed by atoms with Gasteiger partial charge >= 0.3 is 6.03 Å². The van der Waals surface area contributed by atoms with Gasteiger partial charge in [0.2, 0.25) is 0 Å². The molecule has 3 aliphatic rings. The molecule has 5 nitrogen and oxygen atoms in total. The molecule has 3 N–H and O–H groups in total. The van der Waals surface area contributed by atoms with Crippen LogP contribution >= 0.6 is 0 Å². The number of benzene rings is 1. The molecule has 4 rings (SSSR count). The summed E-state index contributed by atoms with van der Waals surface area (Å²) in [4.78, 5) is 14.5. The van der Waals surface area contributed by atoms with E-state index in [-0.39, 0.29) is 17.8 Å². The van der Waals surface area contributed by atoms with E-state index in [0.29, 0.717) is 30.5 Å². The molecule has 1 aromatic rings. The smallest absolute Gasteiger partial charge is 0.321 e. The third kappa shape index (κ3) is 3.11. The van der Waals surface area contributed by atoms with Crippen LogP contribution in [0, 0.1) is 23.5 Å². The third-order valence-corrected chi connectivity index (χ3v) is 6.04. The zero-order chi connectivity index (χ0) is 17.6. The molecular formula is C18H24F2N4O. The summed E-state index contributed by atoms with van der Waals surface area (Å²) >= 11 is 0. The van der Waals surface area contributed by atoms with Crippen molar-refractivity contribution in [3.05, 3.63) is 29.8 Å². The highest BCUT2D eigenvalue weighted by atomic mass is 19.2. The Balaban J connectivity index is 1.45. The number of hydrogen-bond acceptors (Lipinski definition) is 3. The molecule has 7 heteroatoms. The summed E-state index contributed by atoms with van der Waals surface area (Å²) in [6, 6.07) is 4.04. The van der Waals surface area contributed by atoms with Gasteiger partial charge in [0.25, 0.3) is 0 Å². The van der Waals surface area contributed by atoms with Crippen molar-refractivity contribution in [2.24, 2.45) is 11.8 Å². The van der Waals surface area contributed by atoms with Gasteiger partial charge in [-0.15, -0.1) is 0 Å². The number of carbonyl (C=O) groups excluding carboxylic acids is 1. The maximum atomic E-state index is 13.4. The van der Waals surface area contributed by atoms with E-state index < -0.39 is 11.6 Å². The van der Waals surface area contributed by atoms with Gasteiger partial charge in [0.1, 0.15) is 0 Å². The van der Waals surface area contributed by atoms with Crippen LogP contribution in [0.25, 0.3) is 0 Å². The minimum atomic E-state index is -0.959. The first-order valence-electron chi connectivity index (χ1n) is 9.06. The summed E-state index contributed by atoms with van der Waals surface area (Å²) in [6.45, 7) is 2.70. The predicted octanol–water partition coefficient (Wildman–Crippen LogP) is 2.85. The fraction of sp³-hybridized carbons (Fsp3) is 0.611. The van der Waals surface area contributed by atoms with Crippen molar-refractivity contribution in [1.82, 2.24) is 15.8 Å². The molecule has 2 aliphatic heterocycles. The quantitative estimate of drug-likeness (QED) is 0.769. The maximum Gasteiger partial charge on any atom is 0.322 e. The average molecular weight is 350 g/mol. The minimum absolute atomic E-state index is 0.0842. The molecular weight excluding hydrogens is 326 g/mol. The van der Waals surface area contributed by atoms with Gasteiger partial charge in [-0.25, -0.2) is 13.6 Å². The van der Waals surface area contributed by atoms with Crippen molar-refractivity contribution in [2.75, 3.05) is 11.9 Å². The predicted molar refractivity (Wildman–Crippen MR) is 90.8 cm³/mol. The number of anilines is 1. The van der Waals surface area contributed by atoms with E-state index in [9.17, 15) is 13.6 Å². The van der Waals surface area contributed by atoms with E-state index in [1.54, 1.807) is 0 Å². The van der Waals surface area contributed by atoms with Crippen LogP contribution in [-0.4, -0.2) is 35.6 Å². The van der Waals surface area contributed by atoms with Gasteiger partial charge in [0.15, 0.2) is 11.6 Å². The first-order chi connectivity index (χ1) is 12.0. The Bertz CT molecular complexity index is 666. The molecule has 25 heavy (non-hydrogen) atoms. The van der Waals surface area contributed by atoms with Gasteiger partial charge in [-0.05, 0) is 44.2 Å². The molecule has 0 radical (unpaired) electrons. The number of piperidine rings is 1. The van der Waals surface area contributed by atoms with E-state index in [4.69, 9.17) is 0 Å². The summed E-state index contributed by atoms with van der Waals surface area (Å²) in [5, 5.41) is 2.70. The summed E-state index contributed by atoms with van der Waals surface area (Å²) in [5.41, 5.74) is 7.13. The zero-order valence-electron chi connectivity index (χ0n) is 14.3. The van der Waals surface area contributed by atoms with Crippen LogP contribution in [0.4, 0.5) is 19.3 Å². The lowest BCUT2D eigenvalue weighted by molar-refractivity contribution is 0.108. The zero-order valence-corrected chi connectivity index (χ0v) is 14.3. The number of hydrazine groups is 1. The van der Waals surface area contributed by atoms with E-state index in [1.165, 1.54) is 25.3 Å². The van der Waals surface area contributed by atoms with E-state index >= 15 is 0 Å². The van der Waals surface area contributed by atoms with Crippen LogP contribution in [0.5, 0.6) is 0 Å². The number of hydrogen-bond donors (Lipinski definition) is 3. The fourth-order valence-corrected chi connectivity index (χ4v) is 4.36. The molecule has 4 atom stereocenters. The topological polar surface area (TPSA) is 56.4 Å². The Morgan fingerprint density at radius 2 is 2.04 bits per heavy atom. The second-order valence-electron chi connectivity index (χ2n) is 7.57. The van der Waals surface area contributed by atoms with Crippen LogP contribution in [-0.2, 0) is 0 Å². The molecule has 2 heterocycles. The lowest BCUT2D eigenvalue weighted by Crippen LogP contribution is -2.55. The molecule has 2 saturated heterocycles. The number of nitrogens with zero attached hydrogens (tertiary/aromatic N) is 1. The lowest BCUT2D eigenvalue weighted by Gasteiger charge is -2.43. The van der Waals surface area contributed by atoms with Crippen molar-refractivity contribution in [3.63, 3.8) is 0 Å². The molecule has 1 aliphatic carbocycles. The van der Waals surface area contributed by atoms with Gasteiger partial charge in [-0.3, -0.25) is 10.9 Å². The number of nitrogens with one attached hydrogen (secondary N) is 3. The summed E-state index contributed by atoms with van der Waals surface area (Å²) in [7, 11) is 0. The van der Waals surface area contributed by atoms with Gasteiger partial charge < -0.3 is 10.2 Å². The van der Waals surface area contributed by atoms with E-state index in [0.717, 1.165) is 18.6 Å². The Hall–Kier alpha value is -1.73. The monoisotopic (exact) mass is 350 g/mol. The molecule has 3 fully saturated rings. The largest absolute Gasteiger partial charge is 0.322 e. The molecule has 1 aromatic carbocycles. The molecule has 2 amide bonds. The van der Waals surface area contributed by atoms with Gasteiger partial charge in [0, 0.05) is 42.3 Å². The van der Waals surface area contributed by atoms with Gasteiger partial charge in [-0.2, -0.15) is 0 Å². The van der Waals surface area contributed by atoms with Crippen molar-refractivity contribution < 1.29 is 13.6 Å². The summed E-state index contributed by atoms with van der Waals surface area (Å²) in [5.74, 6) is -0.804. The molecule has 1 saturated carbocycles. The molecule has 0 aromatic heterocycles. The maximum absolute atomic E-state index is 13.4. The Labute approximate surface area is 146 Å². The number of halogens is 2. The van der Waals surface area contributed by atoms with Crippen molar-refractivity contribution in [1.29, 1.82) is 0 Å². The van der Waals surface area contributed by atoms with Crippen LogP contribution in [0.1, 0.15) is 32.6 Å². The van der Waals surface area contributed by atoms with Crippen LogP contribution in [0.3, 0.4) is 0 Å². The normalized spacial score (nSPS) is 32.2. The SMILES string of the molecule is CC1CC2NNC(C3CCC3)C2CN1C(=O)Nc1ccc(F)c(F)c1. The lowest BCUT2D eigenvalue weighted by atomic mass is 9.72.